The van der Waals surface area contributed by atoms with Crippen molar-refractivity contribution >= 4 is 11.9 Å². The smallest absolute Gasteiger partial charge is 0.306 e. The van der Waals surface area contributed by atoms with Crippen LogP contribution in [0.25, 0.3) is 0 Å². The van der Waals surface area contributed by atoms with Crippen LogP contribution < -0.4 is 0 Å². The minimum atomic E-state index is -0.345. The van der Waals surface area contributed by atoms with Crippen molar-refractivity contribution in [3.05, 3.63) is 0 Å². The molecule has 5 heteroatoms. The molecule has 2 atom stereocenters. The van der Waals surface area contributed by atoms with Gasteiger partial charge < -0.3 is 14.4 Å². The van der Waals surface area contributed by atoms with E-state index in [1.807, 2.05) is 13.8 Å². The molecule has 0 aliphatic carbocycles. The Morgan fingerprint density at radius 2 is 2.06 bits per heavy atom. The van der Waals surface area contributed by atoms with Crippen molar-refractivity contribution < 1.29 is 19.1 Å². The summed E-state index contributed by atoms with van der Waals surface area (Å²) in [7, 11) is 1.33. The molecule has 1 heterocycles. The van der Waals surface area contributed by atoms with Crippen LogP contribution in [0.15, 0.2) is 0 Å². The molecule has 0 aromatic carbocycles. The fourth-order valence-corrected chi connectivity index (χ4v) is 1.74. The lowest BCUT2D eigenvalue weighted by Crippen LogP contribution is -2.51. The highest BCUT2D eigenvalue weighted by molar-refractivity contribution is 5.81. The molecule has 92 valence electrons. The van der Waals surface area contributed by atoms with Gasteiger partial charge >= 0.3 is 5.97 Å². The Morgan fingerprint density at radius 1 is 1.38 bits per heavy atom. The monoisotopic (exact) mass is 229 g/mol. The SMILES string of the molecule is COC(=O)CCC(=O)N1CCOC(C)C1C. The Hall–Kier alpha value is -1.10. The lowest BCUT2D eigenvalue weighted by Gasteiger charge is -2.37. The molecule has 1 saturated heterocycles. The normalized spacial score (nSPS) is 25.3. The minimum absolute atomic E-state index is 0.00644. The van der Waals surface area contributed by atoms with Gasteiger partial charge in [-0.15, -0.1) is 0 Å². The first-order valence-corrected chi connectivity index (χ1v) is 5.54. The zero-order chi connectivity index (χ0) is 12.1. The summed E-state index contributed by atoms with van der Waals surface area (Å²) in [4.78, 5) is 24.5. The molecule has 0 saturated carbocycles. The van der Waals surface area contributed by atoms with Gasteiger partial charge in [0.1, 0.15) is 0 Å². The number of nitrogens with zero attached hydrogens (tertiary/aromatic N) is 1. The molecule has 0 N–H and O–H groups in total. The van der Waals surface area contributed by atoms with E-state index in [0.717, 1.165) is 0 Å². The van der Waals surface area contributed by atoms with Gasteiger partial charge in [0, 0.05) is 13.0 Å². The third-order valence-corrected chi connectivity index (χ3v) is 2.97. The first-order chi connectivity index (χ1) is 7.56. The van der Waals surface area contributed by atoms with Crippen molar-refractivity contribution in [1.29, 1.82) is 0 Å². The molecule has 1 rings (SSSR count). The molecule has 0 spiro atoms. The van der Waals surface area contributed by atoms with Crippen LogP contribution in [-0.4, -0.2) is 49.2 Å². The second kappa shape index (κ2) is 5.84. The Bertz CT molecular complexity index is 267. The molecular formula is C11H19NO4. The van der Waals surface area contributed by atoms with E-state index in [2.05, 4.69) is 4.74 Å². The van der Waals surface area contributed by atoms with Gasteiger partial charge in [0.15, 0.2) is 0 Å². The van der Waals surface area contributed by atoms with Crippen LogP contribution in [-0.2, 0) is 19.1 Å². The molecule has 0 aromatic rings. The van der Waals surface area contributed by atoms with Crippen molar-refractivity contribution in [3.8, 4) is 0 Å². The Kier molecular flexibility index (Phi) is 4.73. The van der Waals surface area contributed by atoms with Gasteiger partial charge in [0.2, 0.25) is 5.91 Å². The van der Waals surface area contributed by atoms with Gasteiger partial charge in [0.25, 0.3) is 0 Å². The van der Waals surface area contributed by atoms with Gasteiger partial charge in [-0.2, -0.15) is 0 Å². The van der Waals surface area contributed by atoms with Crippen LogP contribution in [0.1, 0.15) is 26.7 Å². The summed E-state index contributed by atoms with van der Waals surface area (Å²) in [6, 6.07) is 0.0684. The van der Waals surface area contributed by atoms with Gasteiger partial charge in [0.05, 0.1) is 32.3 Å². The van der Waals surface area contributed by atoms with Gasteiger partial charge in [-0.1, -0.05) is 0 Å². The summed E-state index contributed by atoms with van der Waals surface area (Å²) in [5, 5.41) is 0. The number of esters is 1. The third-order valence-electron chi connectivity index (χ3n) is 2.97. The Labute approximate surface area is 95.7 Å². The number of hydrogen-bond donors (Lipinski definition) is 0. The second-order valence-electron chi connectivity index (χ2n) is 3.98. The number of ether oxygens (including phenoxy) is 2. The van der Waals surface area contributed by atoms with Crippen molar-refractivity contribution in [3.63, 3.8) is 0 Å². The number of carbonyl (C=O) groups excluding carboxylic acids is 2. The quantitative estimate of drug-likeness (QED) is 0.664. The van der Waals surface area contributed by atoms with E-state index in [1.165, 1.54) is 7.11 Å². The van der Waals surface area contributed by atoms with Crippen LogP contribution in [0.2, 0.25) is 0 Å². The summed E-state index contributed by atoms with van der Waals surface area (Å²) in [6.45, 7) is 5.07. The van der Waals surface area contributed by atoms with Crippen LogP contribution >= 0.6 is 0 Å². The maximum absolute atomic E-state index is 11.8. The third kappa shape index (κ3) is 3.20. The first-order valence-electron chi connectivity index (χ1n) is 5.54. The van der Waals surface area contributed by atoms with Crippen molar-refractivity contribution in [2.75, 3.05) is 20.3 Å². The summed E-state index contributed by atoms with van der Waals surface area (Å²) < 4.78 is 9.93. The highest BCUT2D eigenvalue weighted by atomic mass is 16.5. The maximum atomic E-state index is 11.8. The number of carbonyl (C=O) groups is 2. The van der Waals surface area contributed by atoms with Gasteiger partial charge in [-0.05, 0) is 13.8 Å². The standard InChI is InChI=1S/C11H19NO4/c1-8-9(2)16-7-6-12(8)10(13)4-5-11(14)15-3/h8-9H,4-7H2,1-3H3. The van der Waals surface area contributed by atoms with Crippen molar-refractivity contribution in [2.45, 2.75) is 38.8 Å². The molecule has 2 unspecified atom stereocenters. The lowest BCUT2D eigenvalue weighted by molar-refractivity contribution is -0.148. The Balaban J connectivity index is 2.43. The molecule has 0 bridgehead atoms. The zero-order valence-electron chi connectivity index (χ0n) is 10.1. The fourth-order valence-electron chi connectivity index (χ4n) is 1.74. The van der Waals surface area contributed by atoms with E-state index in [0.29, 0.717) is 13.2 Å². The molecule has 1 fully saturated rings. The van der Waals surface area contributed by atoms with Crippen LogP contribution in [0, 0.1) is 0 Å². The molecular weight excluding hydrogens is 210 g/mol. The maximum Gasteiger partial charge on any atom is 0.306 e. The zero-order valence-corrected chi connectivity index (χ0v) is 10.1. The van der Waals surface area contributed by atoms with Crippen molar-refractivity contribution in [1.82, 2.24) is 4.90 Å². The van der Waals surface area contributed by atoms with Crippen molar-refractivity contribution in [2.24, 2.45) is 0 Å². The minimum Gasteiger partial charge on any atom is -0.469 e. The molecule has 1 amide bonds. The molecule has 1 aliphatic rings. The van der Waals surface area contributed by atoms with Gasteiger partial charge in [-0.25, -0.2) is 0 Å². The first kappa shape index (κ1) is 13.0. The summed E-state index contributed by atoms with van der Waals surface area (Å²) in [6.07, 6.45) is 0.410. The van der Waals surface area contributed by atoms with Crippen LogP contribution in [0.4, 0.5) is 0 Å². The number of morpholine rings is 1. The predicted octanol–water partition coefficient (Wildman–Crippen LogP) is 0.575. The van der Waals surface area contributed by atoms with E-state index in [-0.39, 0.29) is 36.9 Å². The largest absolute Gasteiger partial charge is 0.469 e. The Morgan fingerprint density at radius 3 is 2.69 bits per heavy atom. The number of amides is 1. The fraction of sp³-hybridized carbons (Fsp3) is 0.818. The molecule has 5 nitrogen and oxygen atoms in total. The average molecular weight is 229 g/mol. The van der Waals surface area contributed by atoms with Crippen LogP contribution in [0.5, 0.6) is 0 Å². The molecule has 16 heavy (non-hydrogen) atoms. The van der Waals surface area contributed by atoms with Gasteiger partial charge in [-0.3, -0.25) is 9.59 Å². The van der Waals surface area contributed by atoms with E-state index < -0.39 is 0 Å². The second-order valence-corrected chi connectivity index (χ2v) is 3.98. The van der Waals surface area contributed by atoms with E-state index >= 15 is 0 Å². The molecule has 1 aliphatic heterocycles. The van der Waals surface area contributed by atoms with E-state index in [9.17, 15) is 9.59 Å². The number of hydrogen-bond acceptors (Lipinski definition) is 4. The van der Waals surface area contributed by atoms with E-state index in [1.54, 1.807) is 4.90 Å². The predicted molar refractivity (Wildman–Crippen MR) is 57.8 cm³/mol. The number of methoxy groups -OCH3 is 1. The summed E-state index contributed by atoms with van der Waals surface area (Å²) >= 11 is 0. The number of rotatable bonds is 3. The summed E-state index contributed by atoms with van der Waals surface area (Å²) in [5.41, 5.74) is 0. The highest BCUT2D eigenvalue weighted by Crippen LogP contribution is 2.15. The molecule has 0 radical (unpaired) electrons. The lowest BCUT2D eigenvalue weighted by atomic mass is 10.1. The molecule has 0 aromatic heterocycles. The summed E-state index contributed by atoms with van der Waals surface area (Å²) in [5.74, 6) is -0.352. The van der Waals surface area contributed by atoms with Crippen LogP contribution in [0.3, 0.4) is 0 Å². The topological polar surface area (TPSA) is 55.8 Å². The average Bonchev–Trinajstić information content (AvgIpc) is 2.29. The highest BCUT2D eigenvalue weighted by Gasteiger charge is 2.28. The van der Waals surface area contributed by atoms with E-state index in [4.69, 9.17) is 4.74 Å².